The molecule has 0 fully saturated rings. The van der Waals surface area contributed by atoms with Crippen LogP contribution >= 0.6 is 11.3 Å². The van der Waals surface area contributed by atoms with Crippen LogP contribution in [-0.2, 0) is 11.2 Å². The van der Waals surface area contributed by atoms with Gasteiger partial charge in [0.05, 0.1) is 5.69 Å². The Morgan fingerprint density at radius 1 is 1.71 bits per heavy atom. The summed E-state index contributed by atoms with van der Waals surface area (Å²) in [7, 11) is 0. The van der Waals surface area contributed by atoms with Gasteiger partial charge < -0.3 is 10.4 Å². The van der Waals surface area contributed by atoms with Crippen molar-refractivity contribution in [2.75, 3.05) is 11.9 Å². The number of nitrogens with zero attached hydrogens (tertiary/aromatic N) is 1. The van der Waals surface area contributed by atoms with Gasteiger partial charge >= 0.3 is 5.97 Å². The molecule has 2 atom stereocenters. The van der Waals surface area contributed by atoms with Gasteiger partial charge in [0.1, 0.15) is 5.92 Å². The topological polar surface area (TPSA) is 62.2 Å². The molecule has 2 rings (SSSR count). The van der Waals surface area contributed by atoms with Crippen LogP contribution in [0.2, 0.25) is 0 Å². The van der Waals surface area contributed by atoms with Crippen LogP contribution in [0.5, 0.6) is 0 Å². The molecule has 1 aliphatic rings. The standard InChI is InChI=1S/C12H18N2O2S/c1-3-7(2)6-13-12-14-10-8(11(15)16)4-5-9(10)17-12/h7-8H,3-6H2,1-2H3,(H,13,14)(H,15,16). The van der Waals surface area contributed by atoms with Crippen molar-refractivity contribution in [3.05, 3.63) is 10.6 Å². The van der Waals surface area contributed by atoms with Crippen molar-refractivity contribution >= 4 is 22.4 Å². The van der Waals surface area contributed by atoms with Crippen LogP contribution in [0.1, 0.15) is 43.2 Å². The highest BCUT2D eigenvalue weighted by Gasteiger charge is 2.32. The molecule has 0 spiro atoms. The van der Waals surface area contributed by atoms with E-state index < -0.39 is 5.97 Å². The number of aryl methyl sites for hydroxylation is 1. The number of carbonyl (C=O) groups is 1. The fourth-order valence-electron chi connectivity index (χ4n) is 1.95. The smallest absolute Gasteiger partial charge is 0.312 e. The van der Waals surface area contributed by atoms with E-state index >= 15 is 0 Å². The molecule has 4 nitrogen and oxygen atoms in total. The fourth-order valence-corrected chi connectivity index (χ4v) is 2.99. The second kappa shape index (κ2) is 5.04. The van der Waals surface area contributed by atoms with Gasteiger partial charge in [-0.15, -0.1) is 11.3 Å². The first-order valence-corrected chi connectivity index (χ1v) is 6.89. The van der Waals surface area contributed by atoms with E-state index in [2.05, 4.69) is 24.1 Å². The average Bonchev–Trinajstić information content (AvgIpc) is 2.84. The summed E-state index contributed by atoms with van der Waals surface area (Å²) in [5.41, 5.74) is 0.786. The SMILES string of the molecule is CCC(C)CNc1nc2c(s1)CCC2C(=O)O. The number of hydrogen-bond donors (Lipinski definition) is 2. The number of carboxylic acids is 1. The second-order valence-electron chi connectivity index (χ2n) is 4.65. The first-order valence-electron chi connectivity index (χ1n) is 6.08. The lowest BCUT2D eigenvalue weighted by molar-refractivity contribution is -0.138. The van der Waals surface area contributed by atoms with Crippen molar-refractivity contribution in [3.8, 4) is 0 Å². The molecule has 1 aliphatic carbocycles. The van der Waals surface area contributed by atoms with Crippen molar-refractivity contribution in [2.45, 2.75) is 39.0 Å². The Labute approximate surface area is 105 Å². The van der Waals surface area contributed by atoms with Crippen LogP contribution in [0, 0.1) is 5.92 Å². The van der Waals surface area contributed by atoms with Gasteiger partial charge in [0, 0.05) is 11.4 Å². The highest BCUT2D eigenvalue weighted by Crippen LogP contribution is 2.38. The Morgan fingerprint density at radius 3 is 3.12 bits per heavy atom. The number of nitrogens with one attached hydrogen (secondary N) is 1. The number of rotatable bonds is 5. The maximum atomic E-state index is 11.0. The van der Waals surface area contributed by atoms with Crippen LogP contribution < -0.4 is 5.32 Å². The number of thiazole rings is 1. The van der Waals surface area contributed by atoms with Crippen LogP contribution in [-0.4, -0.2) is 22.6 Å². The first-order chi connectivity index (χ1) is 8.11. The maximum Gasteiger partial charge on any atom is 0.312 e. The molecule has 1 heterocycles. The number of aliphatic carboxylic acids is 1. The lowest BCUT2D eigenvalue weighted by Crippen LogP contribution is -2.11. The summed E-state index contributed by atoms with van der Waals surface area (Å²) in [5, 5.41) is 13.2. The van der Waals surface area contributed by atoms with E-state index in [9.17, 15) is 4.79 Å². The van der Waals surface area contributed by atoms with E-state index in [1.807, 2.05) is 0 Å². The third kappa shape index (κ3) is 2.60. The predicted octanol–water partition coefficient (Wildman–Crippen LogP) is 2.72. The van der Waals surface area contributed by atoms with Crippen molar-refractivity contribution < 1.29 is 9.90 Å². The third-order valence-electron chi connectivity index (χ3n) is 3.31. The average molecular weight is 254 g/mol. The molecule has 1 aromatic heterocycles. The summed E-state index contributed by atoms with van der Waals surface area (Å²) in [4.78, 5) is 16.6. The zero-order valence-electron chi connectivity index (χ0n) is 10.2. The lowest BCUT2D eigenvalue weighted by Gasteiger charge is -2.08. The molecule has 0 amide bonds. The van der Waals surface area contributed by atoms with Crippen LogP contribution in [0.4, 0.5) is 5.13 Å². The zero-order chi connectivity index (χ0) is 12.4. The molecular formula is C12H18N2O2S. The summed E-state index contributed by atoms with van der Waals surface area (Å²) < 4.78 is 0. The van der Waals surface area contributed by atoms with E-state index in [-0.39, 0.29) is 5.92 Å². The lowest BCUT2D eigenvalue weighted by atomic mass is 10.1. The monoisotopic (exact) mass is 254 g/mol. The van der Waals surface area contributed by atoms with E-state index in [1.165, 1.54) is 0 Å². The molecular weight excluding hydrogens is 236 g/mol. The molecule has 2 unspecified atom stereocenters. The van der Waals surface area contributed by atoms with Gasteiger partial charge in [-0.05, 0) is 18.8 Å². The van der Waals surface area contributed by atoms with Gasteiger partial charge in [-0.1, -0.05) is 20.3 Å². The normalized spacial score (nSPS) is 20.0. The van der Waals surface area contributed by atoms with Gasteiger partial charge in [-0.3, -0.25) is 4.79 Å². The number of hydrogen-bond acceptors (Lipinski definition) is 4. The predicted molar refractivity (Wildman–Crippen MR) is 68.8 cm³/mol. The summed E-state index contributed by atoms with van der Waals surface area (Å²) in [5.74, 6) is -0.521. The van der Waals surface area contributed by atoms with Gasteiger partial charge in [-0.25, -0.2) is 4.98 Å². The Hall–Kier alpha value is -1.10. The van der Waals surface area contributed by atoms with Gasteiger partial charge in [0.25, 0.3) is 0 Å². The Balaban J connectivity index is 2.03. The fraction of sp³-hybridized carbons (Fsp3) is 0.667. The minimum atomic E-state index is -0.748. The molecule has 0 aromatic carbocycles. The summed E-state index contributed by atoms with van der Waals surface area (Å²) in [6.07, 6.45) is 2.69. The second-order valence-corrected chi connectivity index (χ2v) is 5.73. The quantitative estimate of drug-likeness (QED) is 0.848. The van der Waals surface area contributed by atoms with E-state index in [0.717, 1.165) is 35.1 Å². The summed E-state index contributed by atoms with van der Waals surface area (Å²) in [6, 6.07) is 0. The minimum Gasteiger partial charge on any atom is -0.481 e. The summed E-state index contributed by atoms with van der Waals surface area (Å²) in [6.45, 7) is 5.25. The third-order valence-corrected chi connectivity index (χ3v) is 4.40. The minimum absolute atomic E-state index is 0.389. The van der Waals surface area contributed by atoms with Crippen molar-refractivity contribution in [1.29, 1.82) is 0 Å². The van der Waals surface area contributed by atoms with E-state index in [1.54, 1.807) is 11.3 Å². The molecule has 94 valence electrons. The Kier molecular flexibility index (Phi) is 3.66. The summed E-state index contributed by atoms with van der Waals surface area (Å²) >= 11 is 1.61. The van der Waals surface area contributed by atoms with Crippen molar-refractivity contribution in [3.63, 3.8) is 0 Å². The molecule has 5 heteroatoms. The highest BCUT2D eigenvalue weighted by atomic mass is 32.1. The van der Waals surface area contributed by atoms with Gasteiger partial charge in [0.15, 0.2) is 5.13 Å². The van der Waals surface area contributed by atoms with Crippen molar-refractivity contribution in [1.82, 2.24) is 4.98 Å². The maximum absolute atomic E-state index is 11.0. The number of carboxylic acid groups (broad SMARTS) is 1. The molecule has 0 radical (unpaired) electrons. The number of anilines is 1. The number of fused-ring (bicyclic) bond motifs is 1. The first kappa shape index (κ1) is 12.4. The zero-order valence-corrected chi connectivity index (χ0v) is 11.0. The highest BCUT2D eigenvalue weighted by molar-refractivity contribution is 7.15. The van der Waals surface area contributed by atoms with Crippen LogP contribution in [0.15, 0.2) is 0 Å². The van der Waals surface area contributed by atoms with E-state index in [0.29, 0.717) is 12.3 Å². The Bertz CT molecular complexity index is 417. The number of aromatic nitrogens is 1. The van der Waals surface area contributed by atoms with Crippen LogP contribution in [0.25, 0.3) is 0 Å². The van der Waals surface area contributed by atoms with Gasteiger partial charge in [-0.2, -0.15) is 0 Å². The largest absolute Gasteiger partial charge is 0.481 e. The van der Waals surface area contributed by atoms with Crippen molar-refractivity contribution in [2.24, 2.45) is 5.92 Å². The Morgan fingerprint density at radius 2 is 2.47 bits per heavy atom. The van der Waals surface area contributed by atoms with Crippen LogP contribution in [0.3, 0.4) is 0 Å². The van der Waals surface area contributed by atoms with E-state index in [4.69, 9.17) is 5.11 Å². The molecule has 17 heavy (non-hydrogen) atoms. The molecule has 1 aromatic rings. The van der Waals surface area contributed by atoms with Gasteiger partial charge in [0.2, 0.25) is 0 Å². The molecule has 2 N–H and O–H groups in total. The molecule has 0 saturated heterocycles. The molecule has 0 bridgehead atoms. The molecule has 0 aliphatic heterocycles. The molecule has 0 saturated carbocycles.